The molecular formula is C25H29Cl2N7O3. The molecule has 0 bridgehead atoms. The van der Waals surface area contributed by atoms with Gasteiger partial charge in [0.2, 0.25) is 0 Å². The molecule has 3 rings (SSSR count). The maximum Gasteiger partial charge on any atom is 0.303 e. The van der Waals surface area contributed by atoms with Crippen molar-refractivity contribution in [1.82, 2.24) is 20.6 Å². The molecule has 196 valence electrons. The van der Waals surface area contributed by atoms with Gasteiger partial charge in [-0.05, 0) is 55.0 Å². The van der Waals surface area contributed by atoms with Crippen LogP contribution in [0.15, 0.2) is 42.5 Å². The van der Waals surface area contributed by atoms with Crippen LogP contribution in [0, 0.1) is 0 Å². The number of unbranched alkanes of at least 4 members (excludes halogenated alkanes) is 1. The first-order valence-corrected chi connectivity index (χ1v) is 12.4. The van der Waals surface area contributed by atoms with Crippen molar-refractivity contribution in [2.75, 3.05) is 18.0 Å². The van der Waals surface area contributed by atoms with Gasteiger partial charge in [0.1, 0.15) is 6.29 Å². The number of benzene rings is 2. The van der Waals surface area contributed by atoms with Crippen molar-refractivity contribution in [3.05, 3.63) is 69.5 Å². The number of carbonyl (C=O) groups is 2. The summed E-state index contributed by atoms with van der Waals surface area (Å²) >= 11 is 12.2. The largest absolute Gasteiger partial charge is 0.481 e. The third-order valence-corrected chi connectivity index (χ3v) is 6.18. The van der Waals surface area contributed by atoms with Crippen LogP contribution in [-0.4, -0.2) is 39.8 Å². The summed E-state index contributed by atoms with van der Waals surface area (Å²) in [4.78, 5) is 30.7. The van der Waals surface area contributed by atoms with Crippen molar-refractivity contribution in [1.29, 1.82) is 0 Å². The second-order valence-electron chi connectivity index (χ2n) is 8.40. The van der Waals surface area contributed by atoms with E-state index in [4.69, 9.17) is 45.5 Å². The van der Waals surface area contributed by atoms with E-state index in [2.05, 4.69) is 32.7 Å². The first-order chi connectivity index (χ1) is 17.6. The molecule has 0 radical (unpaired) electrons. The molecular weight excluding hydrogens is 517 g/mol. The van der Waals surface area contributed by atoms with Crippen LogP contribution in [0.3, 0.4) is 0 Å². The average Bonchev–Trinajstić information content (AvgIpc) is 2.85. The standard InChI is InChI=1S/C25H29Cl2N7O3/c26-18-13-15(7-11-19(35)36)6-10-17(18)16-8-4-14(5-9-16)3-1-2-12-31-25(30)34-24(37)20-22(28)33-23(29)21(27)32-20/h4-6,8-10,13,25,31H,1-3,7,11-12,30H2,(H,34,37)(H,35,36)(H4,28,29,33). The highest BCUT2D eigenvalue weighted by Gasteiger charge is 2.17. The summed E-state index contributed by atoms with van der Waals surface area (Å²) in [7, 11) is 0. The molecule has 0 saturated carbocycles. The molecule has 0 aliphatic heterocycles. The topological polar surface area (TPSA) is 182 Å². The number of carboxylic acids is 1. The molecule has 1 amide bonds. The Morgan fingerprint density at radius 3 is 2.32 bits per heavy atom. The van der Waals surface area contributed by atoms with Crippen LogP contribution in [0.1, 0.15) is 40.9 Å². The van der Waals surface area contributed by atoms with Crippen LogP contribution in [0.4, 0.5) is 11.6 Å². The van der Waals surface area contributed by atoms with Crippen LogP contribution in [0.25, 0.3) is 11.1 Å². The van der Waals surface area contributed by atoms with Crippen LogP contribution in [0.5, 0.6) is 0 Å². The SMILES string of the molecule is Nc1nc(N)c(C(=O)NC(N)NCCCCc2ccc(-c3ccc(CCC(=O)O)cc3Cl)cc2)nc1Cl. The summed E-state index contributed by atoms with van der Waals surface area (Å²) in [5, 5.41) is 14.9. The van der Waals surface area contributed by atoms with Crippen LogP contribution in [0.2, 0.25) is 10.2 Å². The maximum absolute atomic E-state index is 12.3. The van der Waals surface area contributed by atoms with Crippen molar-refractivity contribution in [2.24, 2.45) is 5.73 Å². The fourth-order valence-electron chi connectivity index (χ4n) is 3.63. The van der Waals surface area contributed by atoms with Crippen molar-refractivity contribution >= 4 is 46.7 Å². The van der Waals surface area contributed by atoms with Gasteiger partial charge in [-0.15, -0.1) is 0 Å². The lowest BCUT2D eigenvalue weighted by molar-refractivity contribution is -0.136. The minimum Gasteiger partial charge on any atom is -0.481 e. The van der Waals surface area contributed by atoms with Crippen molar-refractivity contribution < 1.29 is 14.7 Å². The summed E-state index contributed by atoms with van der Waals surface area (Å²) in [5.41, 5.74) is 21.0. The summed E-state index contributed by atoms with van der Waals surface area (Å²) < 4.78 is 0. The fourth-order valence-corrected chi connectivity index (χ4v) is 4.07. The number of hydrogen-bond acceptors (Lipinski definition) is 8. The molecule has 9 N–H and O–H groups in total. The Morgan fingerprint density at radius 2 is 1.65 bits per heavy atom. The number of nitrogens with one attached hydrogen (secondary N) is 2. The van der Waals surface area contributed by atoms with Gasteiger partial charge in [0.25, 0.3) is 5.91 Å². The number of hydrogen-bond donors (Lipinski definition) is 6. The van der Waals surface area contributed by atoms with Gasteiger partial charge >= 0.3 is 5.97 Å². The summed E-state index contributed by atoms with van der Waals surface area (Å²) in [6.07, 6.45) is 2.35. The first kappa shape index (κ1) is 28.1. The van der Waals surface area contributed by atoms with Gasteiger partial charge in [0.05, 0.1) is 0 Å². The Morgan fingerprint density at radius 1 is 0.946 bits per heavy atom. The zero-order chi connectivity index (χ0) is 26.9. The van der Waals surface area contributed by atoms with Crippen molar-refractivity contribution in [2.45, 2.75) is 38.4 Å². The highest BCUT2D eigenvalue weighted by Crippen LogP contribution is 2.29. The van der Waals surface area contributed by atoms with E-state index in [1.807, 2.05) is 30.3 Å². The van der Waals surface area contributed by atoms with Gasteiger partial charge in [-0.25, -0.2) is 9.97 Å². The molecule has 0 aliphatic carbocycles. The minimum absolute atomic E-state index is 0.0554. The highest BCUT2D eigenvalue weighted by molar-refractivity contribution is 6.33. The number of aryl methyl sites for hydroxylation is 2. The Kier molecular flexibility index (Phi) is 10.0. The predicted molar refractivity (Wildman–Crippen MR) is 145 cm³/mol. The number of carboxylic acid groups (broad SMARTS) is 1. The van der Waals surface area contributed by atoms with Gasteiger partial charge < -0.3 is 21.9 Å². The van der Waals surface area contributed by atoms with Gasteiger partial charge in [0.15, 0.2) is 22.5 Å². The van der Waals surface area contributed by atoms with Crippen LogP contribution < -0.4 is 27.8 Å². The van der Waals surface area contributed by atoms with Gasteiger partial charge in [-0.1, -0.05) is 59.6 Å². The van der Waals surface area contributed by atoms with Crippen LogP contribution in [-0.2, 0) is 17.6 Å². The maximum atomic E-state index is 12.3. The molecule has 1 aromatic heterocycles. The van der Waals surface area contributed by atoms with E-state index in [1.165, 1.54) is 5.56 Å². The third kappa shape index (κ3) is 8.29. The number of nitrogens with zero attached hydrogens (tertiary/aromatic N) is 2. The molecule has 3 aromatic rings. The molecule has 12 heteroatoms. The number of aliphatic carboxylic acids is 1. The van der Waals surface area contributed by atoms with Gasteiger partial charge in [-0.3, -0.25) is 20.6 Å². The Hall–Kier alpha value is -3.44. The number of anilines is 2. The normalized spacial score (nSPS) is 11.8. The number of amides is 1. The molecule has 1 atom stereocenters. The lowest BCUT2D eigenvalue weighted by atomic mass is 9.99. The molecule has 0 fully saturated rings. The monoisotopic (exact) mass is 545 g/mol. The zero-order valence-electron chi connectivity index (χ0n) is 20.0. The smallest absolute Gasteiger partial charge is 0.303 e. The molecule has 37 heavy (non-hydrogen) atoms. The van der Waals surface area contributed by atoms with E-state index in [0.717, 1.165) is 36.0 Å². The third-order valence-electron chi connectivity index (χ3n) is 5.59. The number of halogens is 2. The number of aromatic nitrogens is 2. The van der Waals surface area contributed by atoms with Crippen molar-refractivity contribution in [3.63, 3.8) is 0 Å². The summed E-state index contributed by atoms with van der Waals surface area (Å²) in [5.74, 6) is -1.63. The lowest BCUT2D eigenvalue weighted by Gasteiger charge is -2.16. The van der Waals surface area contributed by atoms with E-state index in [9.17, 15) is 9.59 Å². The molecule has 2 aromatic carbocycles. The van der Waals surface area contributed by atoms with E-state index >= 15 is 0 Å². The van der Waals surface area contributed by atoms with E-state index in [1.54, 1.807) is 0 Å². The summed E-state index contributed by atoms with van der Waals surface area (Å²) in [6, 6.07) is 13.8. The van der Waals surface area contributed by atoms with Gasteiger partial charge in [-0.2, -0.15) is 0 Å². The summed E-state index contributed by atoms with van der Waals surface area (Å²) in [6.45, 7) is 0.590. The zero-order valence-corrected chi connectivity index (χ0v) is 21.5. The quantitative estimate of drug-likeness (QED) is 0.147. The molecule has 0 spiro atoms. The Labute approximate surface area is 224 Å². The van der Waals surface area contributed by atoms with Gasteiger partial charge in [0, 0.05) is 17.0 Å². The lowest BCUT2D eigenvalue weighted by Crippen LogP contribution is -2.52. The molecule has 0 saturated heterocycles. The first-order valence-electron chi connectivity index (χ1n) is 11.6. The second-order valence-corrected chi connectivity index (χ2v) is 9.17. The number of nitrogens with two attached hydrogens (primary N) is 3. The molecule has 1 unspecified atom stereocenters. The van der Waals surface area contributed by atoms with E-state index in [0.29, 0.717) is 18.0 Å². The number of carbonyl (C=O) groups excluding carboxylic acids is 1. The Bertz CT molecular complexity index is 1260. The predicted octanol–water partition coefficient (Wildman–Crippen LogP) is 3.22. The fraction of sp³-hybridized carbons (Fsp3) is 0.280. The molecule has 10 nitrogen and oxygen atoms in total. The van der Waals surface area contributed by atoms with Crippen molar-refractivity contribution in [3.8, 4) is 11.1 Å². The number of nitrogen functional groups attached to an aromatic ring is 2. The van der Waals surface area contributed by atoms with Crippen LogP contribution >= 0.6 is 23.2 Å². The number of rotatable bonds is 12. The molecule has 0 aliphatic rings. The minimum atomic E-state index is -0.831. The van der Waals surface area contributed by atoms with E-state index in [-0.39, 0.29) is 28.9 Å². The Balaban J connectivity index is 1.41. The van der Waals surface area contributed by atoms with E-state index < -0.39 is 18.2 Å². The average molecular weight is 546 g/mol. The second kappa shape index (κ2) is 13.2. The highest BCUT2D eigenvalue weighted by atomic mass is 35.5. The molecule has 1 heterocycles.